The van der Waals surface area contributed by atoms with Crippen molar-refractivity contribution in [2.75, 3.05) is 0 Å². The first-order valence-corrected chi connectivity index (χ1v) is 9.92. The quantitative estimate of drug-likeness (QED) is 0.541. The number of amides is 1. The summed E-state index contributed by atoms with van der Waals surface area (Å²) in [4.78, 5) is 30.5. The van der Waals surface area contributed by atoms with Gasteiger partial charge < -0.3 is 5.32 Å². The number of carbonyl (C=O) groups excluding carboxylic acids is 1. The molecule has 146 valence electrons. The van der Waals surface area contributed by atoms with Gasteiger partial charge in [-0.2, -0.15) is 0 Å². The van der Waals surface area contributed by atoms with Crippen LogP contribution in [0.15, 0.2) is 71.8 Å². The van der Waals surface area contributed by atoms with E-state index >= 15 is 0 Å². The molecule has 0 aliphatic carbocycles. The molecule has 0 radical (unpaired) electrons. The Morgan fingerprint density at radius 3 is 2.62 bits per heavy atom. The molecule has 0 spiro atoms. The third-order valence-electron chi connectivity index (χ3n) is 4.62. The molecule has 7 heteroatoms. The monoisotopic (exact) mass is 407 g/mol. The second-order valence-corrected chi connectivity index (χ2v) is 7.76. The lowest BCUT2D eigenvalue weighted by atomic mass is 10.1. The van der Waals surface area contributed by atoms with Gasteiger partial charge in [0.2, 0.25) is 5.91 Å². The molecule has 1 N–H and O–H groups in total. The fraction of sp³-hybridized carbons (Fsp3) is 0.136. The molecule has 2 heterocycles. The van der Waals surface area contributed by atoms with Crippen LogP contribution in [0, 0.1) is 5.82 Å². The molecule has 29 heavy (non-hydrogen) atoms. The van der Waals surface area contributed by atoms with Crippen molar-refractivity contribution in [2.45, 2.75) is 19.5 Å². The molecule has 0 bridgehead atoms. The lowest BCUT2D eigenvalue weighted by Crippen LogP contribution is -2.33. The van der Waals surface area contributed by atoms with Crippen molar-refractivity contribution < 1.29 is 9.18 Å². The van der Waals surface area contributed by atoms with Gasteiger partial charge >= 0.3 is 0 Å². The first-order chi connectivity index (χ1) is 14.0. The average molecular weight is 407 g/mol. The first-order valence-electron chi connectivity index (χ1n) is 9.10. The molecule has 4 rings (SSSR count). The zero-order valence-electron chi connectivity index (χ0n) is 15.6. The van der Waals surface area contributed by atoms with Crippen LogP contribution in [-0.2, 0) is 11.3 Å². The molecular formula is C22H18FN3O2S. The van der Waals surface area contributed by atoms with Crippen LogP contribution >= 0.6 is 11.3 Å². The van der Waals surface area contributed by atoms with E-state index in [2.05, 4.69) is 10.3 Å². The zero-order chi connectivity index (χ0) is 20.4. The minimum absolute atomic E-state index is 0.133. The Hall–Kier alpha value is -3.32. The SMILES string of the molecule is C[C@@H](NC(=O)Cn1cnc2cc(-c3ccccc3)sc2c1=O)c1ccc(F)cc1. The second-order valence-electron chi connectivity index (χ2n) is 6.71. The molecule has 2 aromatic heterocycles. The minimum atomic E-state index is -0.330. The Morgan fingerprint density at radius 1 is 1.17 bits per heavy atom. The lowest BCUT2D eigenvalue weighted by molar-refractivity contribution is -0.122. The van der Waals surface area contributed by atoms with E-state index in [0.717, 1.165) is 16.0 Å². The maximum absolute atomic E-state index is 13.1. The third-order valence-corrected chi connectivity index (χ3v) is 5.78. The van der Waals surface area contributed by atoms with Gasteiger partial charge in [-0.05, 0) is 36.2 Å². The topological polar surface area (TPSA) is 64.0 Å². The highest BCUT2D eigenvalue weighted by Gasteiger charge is 2.14. The molecular weight excluding hydrogens is 389 g/mol. The van der Waals surface area contributed by atoms with Gasteiger partial charge in [-0.3, -0.25) is 14.2 Å². The highest BCUT2D eigenvalue weighted by Crippen LogP contribution is 2.30. The van der Waals surface area contributed by atoms with Crippen molar-refractivity contribution >= 4 is 27.5 Å². The van der Waals surface area contributed by atoms with E-state index in [1.807, 2.05) is 36.4 Å². The molecule has 0 unspecified atom stereocenters. The van der Waals surface area contributed by atoms with E-state index in [1.54, 1.807) is 19.1 Å². The Bertz CT molecular complexity index is 1220. The highest BCUT2D eigenvalue weighted by atomic mass is 32.1. The van der Waals surface area contributed by atoms with Gasteiger partial charge in [0, 0.05) is 4.88 Å². The van der Waals surface area contributed by atoms with Crippen molar-refractivity contribution in [2.24, 2.45) is 0 Å². The van der Waals surface area contributed by atoms with Gasteiger partial charge in [-0.25, -0.2) is 9.37 Å². The van der Waals surface area contributed by atoms with Crippen LogP contribution in [0.5, 0.6) is 0 Å². The van der Waals surface area contributed by atoms with E-state index in [4.69, 9.17) is 0 Å². The first kappa shape index (κ1) is 19.0. The number of benzene rings is 2. The number of nitrogens with zero attached hydrogens (tertiary/aromatic N) is 2. The van der Waals surface area contributed by atoms with Crippen LogP contribution in [-0.4, -0.2) is 15.5 Å². The van der Waals surface area contributed by atoms with E-state index < -0.39 is 0 Å². The maximum Gasteiger partial charge on any atom is 0.271 e. The molecule has 5 nitrogen and oxygen atoms in total. The van der Waals surface area contributed by atoms with E-state index in [1.165, 1.54) is 34.4 Å². The van der Waals surface area contributed by atoms with Gasteiger partial charge in [0.25, 0.3) is 5.56 Å². The van der Waals surface area contributed by atoms with Crippen LogP contribution in [0.2, 0.25) is 0 Å². The minimum Gasteiger partial charge on any atom is -0.348 e. The number of hydrogen-bond donors (Lipinski definition) is 1. The third kappa shape index (κ3) is 4.09. The van der Waals surface area contributed by atoms with Crippen LogP contribution in [0.3, 0.4) is 0 Å². The molecule has 0 aliphatic rings. The molecule has 2 aromatic carbocycles. The number of rotatable bonds is 5. The number of fused-ring (bicyclic) bond motifs is 1. The molecule has 1 atom stereocenters. The van der Waals surface area contributed by atoms with Crippen molar-refractivity contribution in [3.05, 3.63) is 88.7 Å². The lowest BCUT2D eigenvalue weighted by Gasteiger charge is -2.14. The molecule has 0 fully saturated rings. The second kappa shape index (κ2) is 7.97. The number of hydrogen-bond acceptors (Lipinski definition) is 4. The van der Waals surface area contributed by atoms with Crippen LogP contribution < -0.4 is 10.9 Å². The summed E-state index contributed by atoms with van der Waals surface area (Å²) >= 11 is 1.37. The van der Waals surface area contributed by atoms with Crippen LogP contribution in [0.1, 0.15) is 18.5 Å². The van der Waals surface area contributed by atoms with Crippen molar-refractivity contribution in [1.82, 2.24) is 14.9 Å². The predicted octanol–water partition coefficient (Wildman–Crippen LogP) is 4.14. The van der Waals surface area contributed by atoms with Gasteiger partial charge in [0.15, 0.2) is 0 Å². The van der Waals surface area contributed by atoms with Gasteiger partial charge in [-0.1, -0.05) is 42.5 Å². The molecule has 0 saturated carbocycles. The molecule has 1 amide bonds. The summed E-state index contributed by atoms with van der Waals surface area (Å²) in [6, 6.07) is 17.3. The standard InChI is InChI=1S/C22H18FN3O2S/c1-14(15-7-9-17(23)10-8-15)25-20(27)12-26-13-24-18-11-19(29-21(18)22(26)28)16-5-3-2-4-6-16/h2-11,13-14H,12H2,1H3,(H,25,27)/t14-/m1/s1. The average Bonchev–Trinajstić information content (AvgIpc) is 3.16. The van der Waals surface area contributed by atoms with Crippen molar-refractivity contribution in [3.8, 4) is 10.4 Å². The van der Waals surface area contributed by atoms with Gasteiger partial charge in [0.1, 0.15) is 17.1 Å². The summed E-state index contributed by atoms with van der Waals surface area (Å²) in [6.07, 6.45) is 1.40. The normalized spacial score (nSPS) is 12.1. The molecule has 0 aliphatic heterocycles. The van der Waals surface area contributed by atoms with Crippen LogP contribution in [0.25, 0.3) is 20.7 Å². The highest BCUT2D eigenvalue weighted by molar-refractivity contribution is 7.22. The smallest absolute Gasteiger partial charge is 0.271 e. The van der Waals surface area contributed by atoms with Crippen molar-refractivity contribution in [1.29, 1.82) is 0 Å². The largest absolute Gasteiger partial charge is 0.348 e. The van der Waals surface area contributed by atoms with Crippen LogP contribution in [0.4, 0.5) is 4.39 Å². The number of carbonyl (C=O) groups is 1. The Labute approximate surface area is 170 Å². The molecule has 4 aromatic rings. The fourth-order valence-electron chi connectivity index (χ4n) is 3.08. The number of aromatic nitrogens is 2. The van der Waals surface area contributed by atoms with Gasteiger partial charge in [0.05, 0.1) is 17.9 Å². The number of nitrogens with one attached hydrogen (secondary N) is 1. The summed E-state index contributed by atoms with van der Waals surface area (Å²) in [6.45, 7) is 1.67. The Kier molecular flexibility index (Phi) is 5.22. The summed E-state index contributed by atoms with van der Waals surface area (Å²) in [7, 11) is 0. The van der Waals surface area contributed by atoms with E-state index in [9.17, 15) is 14.0 Å². The van der Waals surface area contributed by atoms with Crippen molar-refractivity contribution in [3.63, 3.8) is 0 Å². The van der Waals surface area contributed by atoms with E-state index in [-0.39, 0.29) is 29.9 Å². The number of thiophene rings is 1. The molecule has 0 saturated heterocycles. The Morgan fingerprint density at radius 2 is 1.90 bits per heavy atom. The van der Waals surface area contributed by atoms with E-state index in [0.29, 0.717) is 10.2 Å². The summed E-state index contributed by atoms with van der Waals surface area (Å²) in [5.41, 5.74) is 2.18. The Balaban J connectivity index is 1.53. The predicted molar refractivity (Wildman–Crippen MR) is 112 cm³/mol. The summed E-state index contributed by atoms with van der Waals surface area (Å²) < 4.78 is 14.9. The number of halogens is 1. The zero-order valence-corrected chi connectivity index (χ0v) is 16.4. The van der Waals surface area contributed by atoms with Gasteiger partial charge in [-0.15, -0.1) is 11.3 Å². The summed E-state index contributed by atoms with van der Waals surface area (Å²) in [5.74, 6) is -0.645. The summed E-state index contributed by atoms with van der Waals surface area (Å²) in [5, 5.41) is 2.82. The maximum atomic E-state index is 13.1. The fourth-order valence-corrected chi connectivity index (χ4v) is 4.14.